The highest BCUT2D eigenvalue weighted by molar-refractivity contribution is 6.03. The third-order valence-corrected chi connectivity index (χ3v) is 6.65. The molecule has 2 heterocycles. The average Bonchev–Trinajstić information content (AvgIpc) is 3.54. The molecule has 2 unspecified atom stereocenters. The van der Waals surface area contributed by atoms with Crippen LogP contribution >= 0.6 is 0 Å². The van der Waals surface area contributed by atoms with E-state index in [0.717, 1.165) is 18.0 Å². The SMILES string of the molecule is COC(=O)C1CCC(C(=O)N2CCN(c3ccc(NC(=O)c4cc(C(F)(F)F)c[nH]4)cc3)CC2)C1. The number of carbonyl (C=O) groups is 3. The van der Waals surface area contributed by atoms with Gasteiger partial charge >= 0.3 is 12.1 Å². The Balaban J connectivity index is 1.27. The molecule has 2 amide bonds. The smallest absolute Gasteiger partial charge is 0.417 e. The van der Waals surface area contributed by atoms with Crippen molar-refractivity contribution in [3.8, 4) is 0 Å². The molecule has 2 atom stereocenters. The number of carbonyl (C=O) groups excluding carboxylic acids is 3. The van der Waals surface area contributed by atoms with Gasteiger partial charge < -0.3 is 24.8 Å². The standard InChI is InChI=1S/C24H27F3N4O4/c1-35-23(34)16-3-2-15(12-16)22(33)31-10-8-30(9-11-31)19-6-4-18(5-7-19)29-21(32)20-13-17(14-28-20)24(25,26)27/h4-7,13-16,28H,2-3,8-12H2,1H3,(H,29,32). The number of anilines is 2. The molecule has 0 spiro atoms. The summed E-state index contributed by atoms with van der Waals surface area (Å²) in [4.78, 5) is 43.2. The molecule has 35 heavy (non-hydrogen) atoms. The van der Waals surface area contributed by atoms with Crippen LogP contribution in [0, 0.1) is 11.8 Å². The molecule has 11 heteroatoms. The Kier molecular flexibility index (Phi) is 7.04. The maximum atomic E-state index is 12.9. The zero-order valence-corrected chi connectivity index (χ0v) is 19.2. The molecular weight excluding hydrogens is 465 g/mol. The van der Waals surface area contributed by atoms with Gasteiger partial charge in [0.05, 0.1) is 18.6 Å². The predicted octanol–water partition coefficient (Wildman–Crippen LogP) is 3.52. The number of H-pyrrole nitrogens is 1. The fraction of sp³-hybridized carbons (Fsp3) is 0.458. The molecule has 1 aliphatic heterocycles. The Morgan fingerprint density at radius 2 is 1.69 bits per heavy atom. The number of aromatic amines is 1. The molecule has 1 aliphatic carbocycles. The van der Waals surface area contributed by atoms with Gasteiger partial charge in [0.2, 0.25) is 5.91 Å². The molecule has 8 nitrogen and oxygen atoms in total. The van der Waals surface area contributed by atoms with Crippen molar-refractivity contribution in [2.24, 2.45) is 11.8 Å². The van der Waals surface area contributed by atoms with E-state index >= 15 is 0 Å². The molecule has 1 saturated heterocycles. The van der Waals surface area contributed by atoms with Crippen molar-refractivity contribution in [3.05, 3.63) is 47.8 Å². The minimum Gasteiger partial charge on any atom is -0.469 e. The number of esters is 1. The van der Waals surface area contributed by atoms with E-state index in [9.17, 15) is 27.6 Å². The number of benzene rings is 1. The quantitative estimate of drug-likeness (QED) is 0.623. The van der Waals surface area contributed by atoms with Gasteiger partial charge in [-0.25, -0.2) is 0 Å². The highest BCUT2D eigenvalue weighted by Crippen LogP contribution is 2.33. The molecule has 0 bridgehead atoms. The van der Waals surface area contributed by atoms with E-state index in [1.54, 1.807) is 12.1 Å². The minimum absolute atomic E-state index is 0.0899. The summed E-state index contributed by atoms with van der Waals surface area (Å²) in [5, 5.41) is 2.58. The number of nitrogens with one attached hydrogen (secondary N) is 2. The summed E-state index contributed by atoms with van der Waals surface area (Å²) in [5.41, 5.74) is 0.285. The van der Waals surface area contributed by atoms with Gasteiger partial charge in [-0.15, -0.1) is 0 Å². The van der Waals surface area contributed by atoms with E-state index in [-0.39, 0.29) is 29.4 Å². The number of hydrogen-bond acceptors (Lipinski definition) is 5. The van der Waals surface area contributed by atoms with Gasteiger partial charge in [0.1, 0.15) is 5.69 Å². The largest absolute Gasteiger partial charge is 0.469 e. The number of aromatic nitrogens is 1. The van der Waals surface area contributed by atoms with Crippen molar-refractivity contribution in [2.75, 3.05) is 43.5 Å². The van der Waals surface area contributed by atoms with Gasteiger partial charge in [-0.1, -0.05) is 0 Å². The average molecular weight is 492 g/mol. The Hall–Kier alpha value is -3.50. The minimum atomic E-state index is -4.52. The second-order valence-corrected chi connectivity index (χ2v) is 8.84. The second kappa shape index (κ2) is 10.0. The van der Waals surface area contributed by atoms with E-state index in [4.69, 9.17) is 4.74 Å². The number of ether oxygens (including phenoxy) is 1. The number of rotatable bonds is 5. The van der Waals surface area contributed by atoms with Crippen molar-refractivity contribution >= 4 is 29.2 Å². The highest BCUT2D eigenvalue weighted by Gasteiger charge is 2.37. The number of amides is 2. The molecule has 2 fully saturated rings. The van der Waals surface area contributed by atoms with Crippen molar-refractivity contribution in [1.82, 2.24) is 9.88 Å². The van der Waals surface area contributed by atoms with Crippen LogP contribution in [0.15, 0.2) is 36.5 Å². The Morgan fingerprint density at radius 3 is 2.29 bits per heavy atom. The summed E-state index contributed by atoms with van der Waals surface area (Å²) in [5.74, 6) is -1.16. The van der Waals surface area contributed by atoms with Crippen molar-refractivity contribution in [2.45, 2.75) is 25.4 Å². The van der Waals surface area contributed by atoms with Crippen molar-refractivity contribution in [1.29, 1.82) is 0 Å². The summed E-state index contributed by atoms with van der Waals surface area (Å²) in [6.45, 7) is 2.44. The van der Waals surface area contributed by atoms with E-state index in [2.05, 4.69) is 15.2 Å². The van der Waals surface area contributed by atoms with Gasteiger partial charge in [-0.05, 0) is 49.6 Å². The van der Waals surface area contributed by atoms with Gasteiger partial charge in [-0.3, -0.25) is 14.4 Å². The number of methoxy groups -OCH3 is 1. The number of piperazine rings is 1. The molecule has 2 aromatic rings. The van der Waals surface area contributed by atoms with Crippen LogP contribution in [-0.2, 0) is 20.5 Å². The molecule has 188 valence electrons. The summed E-state index contributed by atoms with van der Waals surface area (Å²) < 4.78 is 43.0. The van der Waals surface area contributed by atoms with Crippen LogP contribution in [0.3, 0.4) is 0 Å². The van der Waals surface area contributed by atoms with E-state index in [1.807, 2.05) is 17.0 Å². The van der Waals surface area contributed by atoms with Gasteiger partial charge in [0, 0.05) is 49.7 Å². The highest BCUT2D eigenvalue weighted by atomic mass is 19.4. The Labute approximate surface area is 200 Å². The number of alkyl halides is 3. The zero-order valence-electron chi connectivity index (χ0n) is 19.2. The molecule has 1 saturated carbocycles. The van der Waals surface area contributed by atoms with Crippen LogP contribution in [0.25, 0.3) is 0 Å². The lowest BCUT2D eigenvalue weighted by molar-refractivity contribution is -0.145. The zero-order chi connectivity index (χ0) is 25.2. The number of hydrogen-bond donors (Lipinski definition) is 2. The molecule has 0 radical (unpaired) electrons. The summed E-state index contributed by atoms with van der Waals surface area (Å²) in [7, 11) is 1.37. The summed E-state index contributed by atoms with van der Waals surface area (Å²) in [6.07, 6.45) is -1.84. The third-order valence-electron chi connectivity index (χ3n) is 6.65. The van der Waals surface area contributed by atoms with Gasteiger partial charge in [0.15, 0.2) is 0 Å². The normalized spacial score (nSPS) is 20.6. The molecule has 4 rings (SSSR count). The van der Waals surface area contributed by atoms with Crippen LogP contribution in [0.4, 0.5) is 24.5 Å². The van der Waals surface area contributed by atoms with E-state index < -0.39 is 17.6 Å². The predicted molar refractivity (Wildman–Crippen MR) is 122 cm³/mol. The fourth-order valence-corrected chi connectivity index (χ4v) is 4.67. The maximum Gasteiger partial charge on any atom is 0.417 e. The topological polar surface area (TPSA) is 94.7 Å². The van der Waals surface area contributed by atoms with E-state index in [1.165, 1.54) is 7.11 Å². The lowest BCUT2D eigenvalue weighted by Crippen LogP contribution is -2.50. The summed E-state index contributed by atoms with van der Waals surface area (Å²) >= 11 is 0. The van der Waals surface area contributed by atoms with E-state index in [0.29, 0.717) is 51.1 Å². The lowest BCUT2D eigenvalue weighted by atomic mass is 10.0. The van der Waals surface area contributed by atoms with Gasteiger partial charge in [0.25, 0.3) is 5.91 Å². The first kappa shape index (κ1) is 24.6. The number of nitrogens with zero attached hydrogens (tertiary/aromatic N) is 2. The maximum absolute atomic E-state index is 12.9. The third kappa shape index (κ3) is 5.60. The Morgan fingerprint density at radius 1 is 1.03 bits per heavy atom. The molecule has 1 aromatic heterocycles. The van der Waals surface area contributed by atoms with Crippen LogP contribution in [0.5, 0.6) is 0 Å². The van der Waals surface area contributed by atoms with Crippen LogP contribution in [0.2, 0.25) is 0 Å². The molecule has 2 aliphatic rings. The van der Waals surface area contributed by atoms with Crippen LogP contribution in [-0.4, -0.2) is 61.0 Å². The first-order valence-corrected chi connectivity index (χ1v) is 11.4. The fourth-order valence-electron chi connectivity index (χ4n) is 4.67. The Bertz CT molecular complexity index is 1080. The first-order chi connectivity index (χ1) is 16.7. The van der Waals surface area contributed by atoms with Gasteiger partial charge in [-0.2, -0.15) is 13.2 Å². The second-order valence-electron chi connectivity index (χ2n) is 8.84. The number of halogens is 3. The van der Waals surface area contributed by atoms with Crippen molar-refractivity contribution in [3.63, 3.8) is 0 Å². The first-order valence-electron chi connectivity index (χ1n) is 11.4. The van der Waals surface area contributed by atoms with Crippen LogP contribution < -0.4 is 10.2 Å². The summed E-state index contributed by atoms with van der Waals surface area (Å²) in [6, 6.07) is 7.78. The monoisotopic (exact) mass is 492 g/mol. The molecule has 1 aromatic carbocycles. The molecular formula is C24H27F3N4O4. The van der Waals surface area contributed by atoms with Crippen LogP contribution in [0.1, 0.15) is 35.3 Å². The van der Waals surface area contributed by atoms with Crippen molar-refractivity contribution < 1.29 is 32.3 Å². The molecule has 2 N–H and O–H groups in total. The lowest BCUT2D eigenvalue weighted by Gasteiger charge is -2.37.